The first kappa shape index (κ1) is 10.7. The lowest BCUT2D eigenvalue weighted by atomic mass is 10.1. The predicted octanol–water partition coefficient (Wildman–Crippen LogP) is 1.95. The van der Waals surface area contributed by atoms with E-state index in [0.29, 0.717) is 16.8 Å². The lowest BCUT2D eigenvalue weighted by molar-refractivity contribution is 0.0864. The molecule has 1 aromatic heterocycles. The molecule has 0 radical (unpaired) electrons. The Bertz CT molecular complexity index is 363. The summed E-state index contributed by atoms with van der Waals surface area (Å²) in [6, 6.07) is 1.74. The van der Waals surface area contributed by atoms with Crippen LogP contribution in [0.15, 0.2) is 21.4 Å². The van der Waals surface area contributed by atoms with Gasteiger partial charge in [0.25, 0.3) is 5.91 Å². The van der Waals surface area contributed by atoms with Gasteiger partial charge in [0.2, 0.25) is 0 Å². The topological polar surface area (TPSA) is 51.5 Å². The summed E-state index contributed by atoms with van der Waals surface area (Å²) in [5, 5.41) is 2.92. The summed E-state index contributed by atoms with van der Waals surface area (Å²) in [7, 11) is 0. The van der Waals surface area contributed by atoms with E-state index < -0.39 is 0 Å². The number of amides is 1. The van der Waals surface area contributed by atoms with Gasteiger partial charge >= 0.3 is 0 Å². The third kappa shape index (κ3) is 2.23. The second kappa shape index (κ2) is 4.37. The van der Waals surface area contributed by atoms with Crippen molar-refractivity contribution in [3.8, 4) is 0 Å². The van der Waals surface area contributed by atoms with Crippen LogP contribution in [0.2, 0.25) is 0 Å². The molecule has 1 aliphatic rings. The Kier molecular flexibility index (Phi) is 3.11. The fraction of sp³-hybridized carbons (Fsp3) is 0.500. The third-order valence-corrected chi connectivity index (χ3v) is 3.17. The zero-order valence-corrected chi connectivity index (χ0v) is 9.91. The van der Waals surface area contributed by atoms with E-state index in [9.17, 15) is 4.79 Å². The average Bonchev–Trinajstić information content (AvgIpc) is 2.76. The zero-order valence-electron chi connectivity index (χ0n) is 8.33. The summed E-state index contributed by atoms with van der Waals surface area (Å²) in [5.74, 6) is -0.127. The summed E-state index contributed by atoms with van der Waals surface area (Å²) in [5.41, 5.74) is 0.522. The van der Waals surface area contributed by atoms with E-state index in [1.807, 2.05) is 6.92 Å². The summed E-state index contributed by atoms with van der Waals surface area (Å²) in [4.78, 5) is 11.8. The van der Waals surface area contributed by atoms with Gasteiger partial charge < -0.3 is 14.5 Å². The minimum absolute atomic E-state index is 0.0830. The standard InChI is InChI=1S/C10H12BrNO3/c1-6-8(3-5-14-6)12-10(13)7-2-4-15-9(7)11/h2,4,6,8H,3,5H2,1H3,(H,12,13). The molecule has 0 saturated carbocycles. The normalized spacial score (nSPS) is 25.5. The first-order chi connectivity index (χ1) is 7.18. The lowest BCUT2D eigenvalue weighted by Crippen LogP contribution is -2.39. The second-order valence-electron chi connectivity index (χ2n) is 3.55. The van der Waals surface area contributed by atoms with Crippen LogP contribution in [-0.2, 0) is 4.74 Å². The number of carbonyl (C=O) groups excluding carboxylic acids is 1. The van der Waals surface area contributed by atoms with Crippen LogP contribution in [0, 0.1) is 0 Å². The Balaban J connectivity index is 2.01. The van der Waals surface area contributed by atoms with Crippen LogP contribution >= 0.6 is 15.9 Å². The number of hydrogen-bond acceptors (Lipinski definition) is 3. The molecular formula is C10H12BrNO3. The van der Waals surface area contributed by atoms with Gasteiger partial charge in [-0.15, -0.1) is 0 Å². The van der Waals surface area contributed by atoms with Crippen molar-refractivity contribution in [3.05, 3.63) is 22.6 Å². The fourth-order valence-corrected chi connectivity index (χ4v) is 2.04. The van der Waals surface area contributed by atoms with Crippen LogP contribution in [0.5, 0.6) is 0 Å². The highest BCUT2D eigenvalue weighted by atomic mass is 79.9. The summed E-state index contributed by atoms with van der Waals surface area (Å²) < 4.78 is 10.8. The van der Waals surface area contributed by atoms with E-state index in [4.69, 9.17) is 9.15 Å². The molecule has 15 heavy (non-hydrogen) atoms. The highest BCUT2D eigenvalue weighted by molar-refractivity contribution is 9.10. The Morgan fingerprint density at radius 3 is 3.00 bits per heavy atom. The molecule has 0 bridgehead atoms. The molecule has 1 aromatic rings. The Hall–Kier alpha value is -0.810. The molecule has 1 aliphatic heterocycles. The number of furan rings is 1. The SMILES string of the molecule is CC1OCCC1NC(=O)c1ccoc1Br. The van der Waals surface area contributed by atoms with Gasteiger partial charge in [-0.2, -0.15) is 0 Å². The molecule has 1 fully saturated rings. The number of nitrogens with one attached hydrogen (secondary N) is 1. The molecule has 2 atom stereocenters. The summed E-state index contributed by atoms with van der Waals surface area (Å²) in [6.07, 6.45) is 2.43. The first-order valence-corrected chi connectivity index (χ1v) is 5.63. The number of halogens is 1. The molecule has 0 aliphatic carbocycles. The van der Waals surface area contributed by atoms with Crippen molar-refractivity contribution in [1.82, 2.24) is 5.32 Å². The molecule has 0 spiro atoms. The number of carbonyl (C=O) groups is 1. The van der Waals surface area contributed by atoms with E-state index in [2.05, 4.69) is 21.2 Å². The zero-order chi connectivity index (χ0) is 10.8. The molecule has 2 unspecified atom stereocenters. The van der Waals surface area contributed by atoms with Crippen LogP contribution in [0.4, 0.5) is 0 Å². The molecule has 2 rings (SSSR count). The van der Waals surface area contributed by atoms with E-state index in [0.717, 1.165) is 6.42 Å². The fourth-order valence-electron chi connectivity index (χ4n) is 1.62. The minimum Gasteiger partial charge on any atom is -0.457 e. The van der Waals surface area contributed by atoms with Crippen molar-refractivity contribution in [3.63, 3.8) is 0 Å². The maximum absolute atomic E-state index is 11.8. The van der Waals surface area contributed by atoms with E-state index >= 15 is 0 Å². The third-order valence-electron chi connectivity index (χ3n) is 2.56. The Labute approximate surface area is 96.1 Å². The summed E-state index contributed by atoms with van der Waals surface area (Å²) in [6.45, 7) is 2.67. The smallest absolute Gasteiger partial charge is 0.256 e. The second-order valence-corrected chi connectivity index (χ2v) is 4.27. The minimum atomic E-state index is -0.127. The monoisotopic (exact) mass is 273 g/mol. The molecule has 5 heteroatoms. The van der Waals surface area contributed by atoms with Gasteiger partial charge in [0.05, 0.1) is 24.0 Å². The molecule has 1 saturated heterocycles. The van der Waals surface area contributed by atoms with Gasteiger partial charge in [-0.05, 0) is 35.3 Å². The van der Waals surface area contributed by atoms with E-state index in [1.165, 1.54) is 6.26 Å². The van der Waals surface area contributed by atoms with Crippen LogP contribution < -0.4 is 5.32 Å². The lowest BCUT2D eigenvalue weighted by Gasteiger charge is -2.15. The maximum atomic E-state index is 11.8. The average molecular weight is 274 g/mol. The van der Waals surface area contributed by atoms with E-state index in [1.54, 1.807) is 6.07 Å². The molecule has 1 amide bonds. The van der Waals surface area contributed by atoms with Gasteiger partial charge in [0.15, 0.2) is 4.67 Å². The van der Waals surface area contributed by atoms with E-state index in [-0.39, 0.29) is 18.1 Å². The molecule has 2 heterocycles. The number of ether oxygens (including phenoxy) is 1. The van der Waals surface area contributed by atoms with Crippen LogP contribution in [-0.4, -0.2) is 24.7 Å². The van der Waals surface area contributed by atoms with Crippen molar-refractivity contribution in [2.45, 2.75) is 25.5 Å². The van der Waals surface area contributed by atoms with Crippen molar-refractivity contribution in [1.29, 1.82) is 0 Å². The summed E-state index contributed by atoms with van der Waals surface area (Å²) >= 11 is 3.17. The molecular weight excluding hydrogens is 262 g/mol. The van der Waals surface area contributed by atoms with Crippen molar-refractivity contribution >= 4 is 21.8 Å². The van der Waals surface area contributed by atoms with Gasteiger partial charge in [-0.25, -0.2) is 0 Å². The van der Waals surface area contributed by atoms with Crippen molar-refractivity contribution < 1.29 is 13.9 Å². The highest BCUT2D eigenvalue weighted by Gasteiger charge is 2.26. The molecule has 4 nitrogen and oxygen atoms in total. The number of rotatable bonds is 2. The highest BCUT2D eigenvalue weighted by Crippen LogP contribution is 2.19. The number of hydrogen-bond donors (Lipinski definition) is 1. The van der Waals surface area contributed by atoms with Crippen LogP contribution in [0.1, 0.15) is 23.7 Å². The van der Waals surface area contributed by atoms with Crippen molar-refractivity contribution in [2.75, 3.05) is 6.61 Å². The molecule has 1 N–H and O–H groups in total. The maximum Gasteiger partial charge on any atom is 0.256 e. The largest absolute Gasteiger partial charge is 0.457 e. The molecule has 0 aromatic carbocycles. The first-order valence-electron chi connectivity index (χ1n) is 4.84. The predicted molar refractivity (Wildman–Crippen MR) is 57.7 cm³/mol. The Morgan fingerprint density at radius 1 is 1.67 bits per heavy atom. The van der Waals surface area contributed by atoms with Crippen LogP contribution in [0.25, 0.3) is 0 Å². The van der Waals surface area contributed by atoms with Crippen LogP contribution in [0.3, 0.4) is 0 Å². The van der Waals surface area contributed by atoms with Gasteiger partial charge in [0.1, 0.15) is 0 Å². The van der Waals surface area contributed by atoms with Gasteiger partial charge in [-0.3, -0.25) is 4.79 Å². The van der Waals surface area contributed by atoms with Gasteiger partial charge in [-0.1, -0.05) is 0 Å². The van der Waals surface area contributed by atoms with Gasteiger partial charge in [0, 0.05) is 6.61 Å². The quantitative estimate of drug-likeness (QED) is 0.896. The molecule has 82 valence electrons. The van der Waals surface area contributed by atoms with Crippen molar-refractivity contribution in [2.24, 2.45) is 0 Å². The Morgan fingerprint density at radius 2 is 2.47 bits per heavy atom.